The minimum atomic E-state index is 1.16. The van der Waals surface area contributed by atoms with Crippen LogP contribution in [0.2, 0.25) is 0 Å². The highest BCUT2D eigenvalue weighted by atomic mass is 15.1. The average Bonchev–Trinajstić information content (AvgIpc) is 2.66. The first-order valence-corrected chi connectivity index (χ1v) is 7.33. The van der Waals surface area contributed by atoms with Gasteiger partial charge in [0.25, 0.3) is 5.82 Å². The van der Waals surface area contributed by atoms with Crippen molar-refractivity contribution in [2.45, 2.75) is 71.8 Å². The fraction of sp³-hybridized carbons (Fsp3) is 0.800. The lowest BCUT2D eigenvalue weighted by Gasteiger charge is -2.02. The van der Waals surface area contributed by atoms with Crippen LogP contribution in [0.15, 0.2) is 12.4 Å². The standard InChI is InChI=1S/C15H29N2/c1-4-6-7-8-9-10-11-15-16(3)13-14-17(15)12-5-2/h13-14H,4-12H2,1-3H3/q+1. The number of nitrogens with zero attached hydrogens (tertiary/aromatic N) is 2. The molecule has 0 aliphatic heterocycles. The summed E-state index contributed by atoms with van der Waals surface area (Å²) in [5.74, 6) is 1.49. The van der Waals surface area contributed by atoms with E-state index in [0.29, 0.717) is 0 Å². The Morgan fingerprint density at radius 2 is 1.71 bits per heavy atom. The summed E-state index contributed by atoms with van der Waals surface area (Å²) in [6.45, 7) is 5.68. The van der Waals surface area contributed by atoms with Gasteiger partial charge in [-0.15, -0.1) is 0 Å². The molecule has 0 bridgehead atoms. The number of rotatable bonds is 9. The van der Waals surface area contributed by atoms with Gasteiger partial charge in [0.2, 0.25) is 0 Å². The molecule has 1 aromatic heterocycles. The zero-order valence-electron chi connectivity index (χ0n) is 11.9. The van der Waals surface area contributed by atoms with E-state index in [1.54, 1.807) is 0 Å². The first-order chi connectivity index (χ1) is 8.29. The molecule has 0 saturated heterocycles. The SMILES string of the molecule is CCCCCCCCc1n(C)cc[n+]1CCC. The quantitative estimate of drug-likeness (QED) is 0.458. The fourth-order valence-corrected chi connectivity index (χ4v) is 2.38. The van der Waals surface area contributed by atoms with E-state index >= 15 is 0 Å². The number of unbranched alkanes of at least 4 members (excludes halogenated alkanes) is 5. The van der Waals surface area contributed by atoms with Crippen molar-refractivity contribution in [3.05, 3.63) is 18.2 Å². The Kier molecular flexibility index (Phi) is 6.99. The second-order valence-corrected chi connectivity index (χ2v) is 5.04. The number of aryl methyl sites for hydroxylation is 2. The third-order valence-electron chi connectivity index (χ3n) is 3.43. The van der Waals surface area contributed by atoms with E-state index in [2.05, 4.69) is 42.4 Å². The Bertz CT molecular complexity index is 302. The predicted molar refractivity (Wildman–Crippen MR) is 73.0 cm³/mol. The summed E-state index contributed by atoms with van der Waals surface area (Å²) in [6.07, 6.45) is 15.1. The number of aromatic nitrogens is 2. The van der Waals surface area contributed by atoms with Crippen LogP contribution in [0.25, 0.3) is 0 Å². The molecule has 17 heavy (non-hydrogen) atoms. The molecule has 0 spiro atoms. The topological polar surface area (TPSA) is 8.81 Å². The monoisotopic (exact) mass is 237 g/mol. The van der Waals surface area contributed by atoms with Gasteiger partial charge in [0.15, 0.2) is 0 Å². The molecular formula is C15H29N2+. The van der Waals surface area contributed by atoms with Crippen LogP contribution in [0.1, 0.15) is 64.6 Å². The van der Waals surface area contributed by atoms with Crippen molar-refractivity contribution in [2.24, 2.45) is 7.05 Å². The second kappa shape index (κ2) is 8.32. The minimum absolute atomic E-state index is 1.16. The van der Waals surface area contributed by atoms with Gasteiger partial charge in [0, 0.05) is 6.42 Å². The third-order valence-corrected chi connectivity index (χ3v) is 3.43. The summed E-state index contributed by atoms with van der Waals surface area (Å²) in [4.78, 5) is 0. The first kappa shape index (κ1) is 14.3. The Balaban J connectivity index is 2.27. The van der Waals surface area contributed by atoms with E-state index < -0.39 is 0 Å². The van der Waals surface area contributed by atoms with Gasteiger partial charge in [0.1, 0.15) is 12.4 Å². The molecule has 2 nitrogen and oxygen atoms in total. The molecule has 0 saturated carbocycles. The third kappa shape index (κ3) is 4.93. The van der Waals surface area contributed by atoms with Crippen LogP contribution in [0.3, 0.4) is 0 Å². The first-order valence-electron chi connectivity index (χ1n) is 7.33. The molecule has 98 valence electrons. The van der Waals surface area contributed by atoms with Crippen LogP contribution < -0.4 is 4.57 Å². The molecule has 0 unspecified atom stereocenters. The summed E-state index contributed by atoms with van der Waals surface area (Å²) in [7, 11) is 2.17. The molecular weight excluding hydrogens is 208 g/mol. The molecule has 0 atom stereocenters. The number of imidazole rings is 1. The minimum Gasteiger partial charge on any atom is -0.237 e. The molecule has 0 aliphatic carbocycles. The Morgan fingerprint density at radius 3 is 2.41 bits per heavy atom. The highest BCUT2D eigenvalue weighted by molar-refractivity contribution is 4.82. The van der Waals surface area contributed by atoms with E-state index in [4.69, 9.17) is 0 Å². The zero-order valence-corrected chi connectivity index (χ0v) is 11.9. The van der Waals surface area contributed by atoms with Crippen LogP contribution in [0, 0.1) is 0 Å². The molecule has 1 rings (SSSR count). The highest BCUT2D eigenvalue weighted by Crippen LogP contribution is 2.08. The van der Waals surface area contributed by atoms with Gasteiger partial charge in [-0.05, 0) is 12.8 Å². The lowest BCUT2D eigenvalue weighted by Crippen LogP contribution is -2.36. The maximum Gasteiger partial charge on any atom is 0.256 e. The normalized spacial score (nSPS) is 11.0. The Morgan fingerprint density at radius 1 is 1.00 bits per heavy atom. The van der Waals surface area contributed by atoms with E-state index in [9.17, 15) is 0 Å². The van der Waals surface area contributed by atoms with Crippen molar-refractivity contribution >= 4 is 0 Å². The molecule has 0 radical (unpaired) electrons. The van der Waals surface area contributed by atoms with Crippen molar-refractivity contribution in [3.8, 4) is 0 Å². The van der Waals surface area contributed by atoms with Gasteiger partial charge in [0.05, 0.1) is 13.6 Å². The Hall–Kier alpha value is -0.790. The van der Waals surface area contributed by atoms with E-state index in [1.807, 2.05) is 0 Å². The molecule has 2 heteroatoms. The molecule has 0 aromatic carbocycles. The van der Waals surface area contributed by atoms with Gasteiger partial charge >= 0.3 is 0 Å². The zero-order chi connectivity index (χ0) is 12.5. The van der Waals surface area contributed by atoms with Crippen molar-refractivity contribution in [1.82, 2.24) is 4.57 Å². The number of hydrogen-bond donors (Lipinski definition) is 0. The molecule has 0 amide bonds. The summed E-state index contributed by atoms with van der Waals surface area (Å²) < 4.78 is 4.69. The number of hydrogen-bond acceptors (Lipinski definition) is 0. The highest BCUT2D eigenvalue weighted by Gasteiger charge is 2.12. The maximum atomic E-state index is 2.41. The van der Waals surface area contributed by atoms with Crippen molar-refractivity contribution in [3.63, 3.8) is 0 Å². The van der Waals surface area contributed by atoms with Gasteiger partial charge in [-0.25, -0.2) is 9.13 Å². The summed E-state index contributed by atoms with van der Waals surface area (Å²) >= 11 is 0. The van der Waals surface area contributed by atoms with Crippen molar-refractivity contribution in [2.75, 3.05) is 0 Å². The fourth-order valence-electron chi connectivity index (χ4n) is 2.38. The van der Waals surface area contributed by atoms with Crippen molar-refractivity contribution < 1.29 is 4.57 Å². The van der Waals surface area contributed by atoms with Gasteiger partial charge in [-0.1, -0.05) is 46.0 Å². The average molecular weight is 237 g/mol. The maximum absolute atomic E-state index is 2.41. The van der Waals surface area contributed by atoms with Crippen molar-refractivity contribution in [1.29, 1.82) is 0 Å². The lowest BCUT2D eigenvalue weighted by atomic mass is 10.1. The van der Waals surface area contributed by atoms with E-state index in [-0.39, 0.29) is 0 Å². The second-order valence-electron chi connectivity index (χ2n) is 5.04. The molecule has 0 aliphatic rings. The predicted octanol–water partition coefficient (Wildman–Crippen LogP) is 3.63. The molecule has 1 aromatic rings. The summed E-state index contributed by atoms with van der Waals surface area (Å²) in [5.41, 5.74) is 0. The van der Waals surface area contributed by atoms with Crippen LogP contribution in [0.4, 0.5) is 0 Å². The molecule has 1 heterocycles. The smallest absolute Gasteiger partial charge is 0.237 e. The van der Waals surface area contributed by atoms with Crippen LogP contribution >= 0.6 is 0 Å². The van der Waals surface area contributed by atoms with E-state index in [0.717, 1.165) is 6.54 Å². The molecule has 0 N–H and O–H groups in total. The Labute approximate surface area is 107 Å². The largest absolute Gasteiger partial charge is 0.256 e. The molecule has 0 fully saturated rings. The van der Waals surface area contributed by atoms with Gasteiger partial charge in [-0.2, -0.15) is 0 Å². The van der Waals surface area contributed by atoms with Crippen LogP contribution in [0.5, 0.6) is 0 Å². The van der Waals surface area contributed by atoms with E-state index in [1.165, 1.54) is 57.2 Å². The van der Waals surface area contributed by atoms with Crippen LogP contribution in [-0.2, 0) is 20.0 Å². The summed E-state index contributed by atoms with van der Waals surface area (Å²) in [6, 6.07) is 0. The lowest BCUT2D eigenvalue weighted by molar-refractivity contribution is -0.703. The van der Waals surface area contributed by atoms with Gasteiger partial charge < -0.3 is 0 Å². The summed E-state index contributed by atoms with van der Waals surface area (Å²) in [5, 5.41) is 0. The van der Waals surface area contributed by atoms with Crippen LogP contribution in [-0.4, -0.2) is 4.57 Å². The van der Waals surface area contributed by atoms with Gasteiger partial charge in [-0.3, -0.25) is 0 Å².